The van der Waals surface area contributed by atoms with Crippen molar-refractivity contribution in [1.82, 2.24) is 15.0 Å². The third-order valence-electron chi connectivity index (χ3n) is 3.88. The molecule has 0 saturated heterocycles. The maximum atomic E-state index is 4.35. The van der Waals surface area contributed by atoms with Gasteiger partial charge in [0.05, 0.1) is 5.52 Å². The highest BCUT2D eigenvalue weighted by Crippen LogP contribution is 2.21. The quantitative estimate of drug-likeness (QED) is 0.509. The highest BCUT2D eigenvalue weighted by molar-refractivity contribution is 5.74. The lowest BCUT2D eigenvalue weighted by Gasteiger charge is -2.12. The van der Waals surface area contributed by atoms with Crippen molar-refractivity contribution in [3.8, 4) is 11.8 Å². The van der Waals surface area contributed by atoms with E-state index >= 15 is 0 Å². The fourth-order valence-electron chi connectivity index (χ4n) is 2.63. The predicted molar refractivity (Wildman–Crippen MR) is 94.0 cm³/mol. The van der Waals surface area contributed by atoms with Gasteiger partial charge in [0.15, 0.2) is 0 Å². The van der Waals surface area contributed by atoms with Crippen LogP contribution in [-0.4, -0.2) is 15.0 Å². The number of rotatable bonds is 5. The zero-order valence-corrected chi connectivity index (χ0v) is 13.4. The molecule has 1 atom stereocenters. The molecule has 23 heavy (non-hydrogen) atoms. The van der Waals surface area contributed by atoms with Crippen LogP contribution in [0.2, 0.25) is 0 Å². The van der Waals surface area contributed by atoms with Crippen molar-refractivity contribution in [2.75, 3.05) is 0 Å². The summed E-state index contributed by atoms with van der Waals surface area (Å²) < 4.78 is 1.93. The van der Waals surface area contributed by atoms with E-state index in [2.05, 4.69) is 41.2 Å². The van der Waals surface area contributed by atoms with E-state index in [1.165, 1.54) is 12.8 Å². The Morgan fingerprint density at radius 1 is 1.00 bits per heavy atom. The van der Waals surface area contributed by atoms with Crippen LogP contribution >= 0.6 is 0 Å². The number of aromatic nitrogens is 3. The molecule has 116 valence electrons. The first-order valence-electron chi connectivity index (χ1n) is 8.23. The summed E-state index contributed by atoms with van der Waals surface area (Å²) in [6.07, 6.45) is 4.54. The molecule has 1 heterocycles. The van der Waals surface area contributed by atoms with E-state index < -0.39 is 0 Å². The molecule has 3 rings (SSSR count). The molecule has 0 radical (unpaired) electrons. The molecule has 0 aliphatic rings. The lowest BCUT2D eigenvalue weighted by Crippen LogP contribution is -2.10. The summed E-state index contributed by atoms with van der Waals surface area (Å²) in [5.41, 5.74) is 3.07. The van der Waals surface area contributed by atoms with Gasteiger partial charge >= 0.3 is 0 Å². The average Bonchev–Trinajstić information content (AvgIpc) is 3.03. The smallest absolute Gasteiger partial charge is 0.140 e. The molecule has 0 bridgehead atoms. The van der Waals surface area contributed by atoms with Gasteiger partial charge in [-0.3, -0.25) is 0 Å². The van der Waals surface area contributed by atoms with Gasteiger partial charge in [0.25, 0.3) is 0 Å². The van der Waals surface area contributed by atoms with Crippen LogP contribution < -0.4 is 0 Å². The molecule has 0 spiro atoms. The maximum absolute atomic E-state index is 4.35. The van der Waals surface area contributed by atoms with Crippen LogP contribution in [0.25, 0.3) is 11.0 Å². The van der Waals surface area contributed by atoms with Crippen molar-refractivity contribution in [3.63, 3.8) is 0 Å². The van der Waals surface area contributed by atoms with E-state index in [1.54, 1.807) is 0 Å². The third kappa shape index (κ3) is 3.60. The second-order valence-corrected chi connectivity index (χ2v) is 5.61. The van der Waals surface area contributed by atoms with Gasteiger partial charge < -0.3 is 0 Å². The Labute approximate surface area is 137 Å². The Kier molecular flexibility index (Phi) is 5.06. The monoisotopic (exact) mass is 303 g/mol. The summed E-state index contributed by atoms with van der Waals surface area (Å²) in [6.45, 7) is 2.21. The van der Waals surface area contributed by atoms with Crippen molar-refractivity contribution in [2.45, 2.75) is 38.6 Å². The summed E-state index contributed by atoms with van der Waals surface area (Å²) in [5.74, 6) is 6.73. The van der Waals surface area contributed by atoms with E-state index in [-0.39, 0.29) is 6.04 Å². The van der Waals surface area contributed by atoms with Crippen LogP contribution in [0.1, 0.15) is 44.2 Å². The summed E-state index contributed by atoms with van der Waals surface area (Å²) in [6, 6.07) is 18.2. The molecule has 3 nitrogen and oxygen atoms in total. The number of unbranched alkanes of at least 4 members (excludes halogenated alkanes) is 3. The molecule has 0 aliphatic carbocycles. The van der Waals surface area contributed by atoms with Crippen molar-refractivity contribution in [1.29, 1.82) is 0 Å². The molecule has 1 unspecified atom stereocenters. The third-order valence-corrected chi connectivity index (χ3v) is 3.88. The van der Waals surface area contributed by atoms with Gasteiger partial charge in [-0.2, -0.15) is 0 Å². The molecule has 0 N–H and O–H groups in total. The van der Waals surface area contributed by atoms with Crippen LogP contribution in [0.3, 0.4) is 0 Å². The number of nitrogens with zero attached hydrogens (tertiary/aromatic N) is 3. The Hall–Kier alpha value is -2.60. The Morgan fingerprint density at radius 3 is 2.61 bits per heavy atom. The minimum Gasteiger partial charge on any atom is -0.225 e. The van der Waals surface area contributed by atoms with Gasteiger partial charge in [0.2, 0.25) is 0 Å². The molecule has 3 heteroatoms. The Morgan fingerprint density at radius 2 is 1.78 bits per heavy atom. The van der Waals surface area contributed by atoms with Crippen LogP contribution in [-0.2, 0) is 0 Å². The first kappa shape index (κ1) is 15.3. The minimum atomic E-state index is -0.0924. The fourth-order valence-corrected chi connectivity index (χ4v) is 2.63. The highest BCUT2D eigenvalue weighted by atomic mass is 15.4. The van der Waals surface area contributed by atoms with Crippen molar-refractivity contribution in [2.24, 2.45) is 0 Å². The van der Waals surface area contributed by atoms with Crippen LogP contribution in [0.15, 0.2) is 54.6 Å². The Balaban J connectivity index is 1.95. The first-order chi connectivity index (χ1) is 11.4. The zero-order chi connectivity index (χ0) is 15.9. The van der Waals surface area contributed by atoms with E-state index in [4.69, 9.17) is 0 Å². The number of hydrogen-bond donors (Lipinski definition) is 0. The highest BCUT2D eigenvalue weighted by Gasteiger charge is 2.15. The number of para-hydroxylation sites is 1. The minimum absolute atomic E-state index is 0.0924. The SMILES string of the molecule is CCCCCC#CC(c1ccccc1)n1nnc2ccccc21. The number of hydrogen-bond acceptors (Lipinski definition) is 2. The van der Waals surface area contributed by atoms with Gasteiger partial charge in [0, 0.05) is 6.42 Å². The maximum Gasteiger partial charge on any atom is 0.140 e. The van der Waals surface area contributed by atoms with Crippen LogP contribution in [0.4, 0.5) is 0 Å². The molecule has 3 aromatic rings. The molecular formula is C20H21N3. The molecule has 2 aromatic carbocycles. The van der Waals surface area contributed by atoms with Crippen LogP contribution in [0, 0.1) is 11.8 Å². The summed E-state index contributed by atoms with van der Waals surface area (Å²) in [5, 5.41) is 8.62. The molecule has 1 aromatic heterocycles. The lowest BCUT2D eigenvalue weighted by molar-refractivity contribution is 0.616. The average molecular weight is 303 g/mol. The van der Waals surface area contributed by atoms with E-state index in [9.17, 15) is 0 Å². The molecule has 0 saturated carbocycles. The molecule has 0 amide bonds. The van der Waals surface area contributed by atoms with E-state index in [1.807, 2.05) is 47.1 Å². The van der Waals surface area contributed by atoms with Gasteiger partial charge in [-0.1, -0.05) is 73.4 Å². The summed E-state index contributed by atoms with van der Waals surface area (Å²) in [7, 11) is 0. The van der Waals surface area contributed by atoms with Crippen LogP contribution in [0.5, 0.6) is 0 Å². The van der Waals surface area contributed by atoms with Gasteiger partial charge in [-0.05, 0) is 24.1 Å². The predicted octanol–water partition coefficient (Wildman–Crippen LogP) is 4.60. The first-order valence-corrected chi connectivity index (χ1v) is 8.23. The van der Waals surface area contributed by atoms with Crippen molar-refractivity contribution < 1.29 is 0 Å². The molecule has 0 fully saturated rings. The normalized spacial score (nSPS) is 11.9. The van der Waals surface area contributed by atoms with E-state index in [0.717, 1.165) is 29.4 Å². The van der Waals surface area contributed by atoms with Crippen molar-refractivity contribution >= 4 is 11.0 Å². The molecular weight excluding hydrogens is 282 g/mol. The number of benzene rings is 2. The largest absolute Gasteiger partial charge is 0.225 e. The van der Waals surface area contributed by atoms with Gasteiger partial charge in [-0.15, -0.1) is 11.0 Å². The summed E-state index contributed by atoms with van der Waals surface area (Å²) in [4.78, 5) is 0. The topological polar surface area (TPSA) is 30.7 Å². The zero-order valence-electron chi connectivity index (χ0n) is 13.4. The van der Waals surface area contributed by atoms with Gasteiger partial charge in [-0.25, -0.2) is 4.68 Å². The van der Waals surface area contributed by atoms with E-state index in [0.29, 0.717) is 0 Å². The lowest BCUT2D eigenvalue weighted by atomic mass is 10.1. The van der Waals surface area contributed by atoms with Crippen molar-refractivity contribution in [3.05, 3.63) is 60.2 Å². The fraction of sp³-hybridized carbons (Fsp3) is 0.300. The van der Waals surface area contributed by atoms with Gasteiger partial charge in [0.1, 0.15) is 11.6 Å². The standard InChI is InChI=1S/C20H21N3/c1-2-3-4-5-9-15-19(17-12-7-6-8-13-17)23-20-16-11-10-14-18(20)21-22-23/h6-8,10-14,16,19H,2-5H2,1H3. The molecule has 0 aliphatic heterocycles. The number of fused-ring (bicyclic) bond motifs is 1. The Bertz CT molecular complexity index is 809. The second kappa shape index (κ2) is 7.60. The summed E-state index contributed by atoms with van der Waals surface area (Å²) >= 11 is 0. The second-order valence-electron chi connectivity index (χ2n) is 5.61.